The largest absolute Gasteiger partial charge is 0.492 e. The van der Waals surface area contributed by atoms with Crippen LogP contribution in [0.4, 0.5) is 19.1 Å². The zero-order chi connectivity index (χ0) is 22.8. The Kier molecular flexibility index (Phi) is 5.25. The molecule has 0 amide bonds. The van der Waals surface area contributed by atoms with E-state index in [1.807, 2.05) is 36.4 Å². The van der Waals surface area contributed by atoms with Crippen molar-refractivity contribution >= 4 is 22.5 Å². The summed E-state index contributed by atoms with van der Waals surface area (Å²) in [6.07, 6.45) is -1.06. The lowest BCUT2D eigenvalue weighted by Gasteiger charge is -2.11. The number of halogens is 3. The third-order valence-electron chi connectivity index (χ3n) is 4.91. The number of fused-ring (bicyclic) bond motifs is 3. The van der Waals surface area contributed by atoms with E-state index >= 15 is 0 Å². The van der Waals surface area contributed by atoms with Gasteiger partial charge in [0.2, 0.25) is 5.95 Å². The summed E-state index contributed by atoms with van der Waals surface area (Å²) < 4.78 is 45.7. The molecule has 0 atom stereocenters. The van der Waals surface area contributed by atoms with Crippen molar-refractivity contribution in [2.45, 2.75) is 6.18 Å². The van der Waals surface area contributed by atoms with Gasteiger partial charge in [-0.05, 0) is 42.5 Å². The number of aromatic nitrogens is 5. The van der Waals surface area contributed by atoms with Gasteiger partial charge in [-0.15, -0.1) is 5.10 Å². The molecule has 0 saturated heterocycles. The molecule has 5 rings (SSSR count). The van der Waals surface area contributed by atoms with Gasteiger partial charge in [-0.25, -0.2) is 9.97 Å². The predicted octanol–water partition coefficient (Wildman–Crippen LogP) is 4.85. The second kappa shape index (κ2) is 8.38. The fourth-order valence-corrected chi connectivity index (χ4v) is 3.38. The first-order valence-corrected chi connectivity index (χ1v) is 10.1. The minimum atomic E-state index is -4.42. The van der Waals surface area contributed by atoms with E-state index in [4.69, 9.17) is 4.74 Å². The number of hydrogen-bond donors (Lipinski definition) is 1. The van der Waals surface area contributed by atoms with Crippen LogP contribution in [0.1, 0.15) is 5.56 Å². The molecule has 0 aliphatic heterocycles. The average Bonchev–Trinajstić information content (AvgIpc) is 3.28. The third-order valence-corrected chi connectivity index (χ3v) is 4.91. The van der Waals surface area contributed by atoms with Gasteiger partial charge in [0.05, 0.1) is 17.6 Å². The van der Waals surface area contributed by atoms with Crippen LogP contribution in [0.3, 0.4) is 0 Å². The Bertz CT molecular complexity index is 1420. The molecule has 1 N–H and O–H groups in total. The summed E-state index contributed by atoms with van der Waals surface area (Å²) in [5.74, 6) is 1.09. The van der Waals surface area contributed by atoms with Crippen molar-refractivity contribution in [2.24, 2.45) is 0 Å². The second-order valence-electron chi connectivity index (χ2n) is 7.17. The SMILES string of the molecule is FC(F)(F)c1cccc(OCCNc2nc3ccccc3c3nc(-c4cccnc4)nn23)c1. The highest BCUT2D eigenvalue weighted by Gasteiger charge is 2.30. The molecule has 0 spiro atoms. The Morgan fingerprint density at radius 2 is 1.85 bits per heavy atom. The molecule has 2 aromatic carbocycles. The van der Waals surface area contributed by atoms with Crippen molar-refractivity contribution in [3.05, 3.63) is 78.6 Å². The number of para-hydroxylation sites is 1. The number of alkyl halides is 3. The number of anilines is 1. The van der Waals surface area contributed by atoms with Gasteiger partial charge in [-0.1, -0.05) is 18.2 Å². The number of rotatable bonds is 6. The molecule has 3 heterocycles. The zero-order valence-corrected chi connectivity index (χ0v) is 17.1. The summed E-state index contributed by atoms with van der Waals surface area (Å²) in [5.41, 5.74) is 1.37. The number of benzene rings is 2. The number of pyridine rings is 1. The van der Waals surface area contributed by atoms with E-state index < -0.39 is 11.7 Å². The summed E-state index contributed by atoms with van der Waals surface area (Å²) >= 11 is 0. The van der Waals surface area contributed by atoms with Gasteiger partial charge in [0, 0.05) is 23.3 Å². The van der Waals surface area contributed by atoms with E-state index in [1.54, 1.807) is 16.9 Å². The van der Waals surface area contributed by atoms with Gasteiger partial charge in [0.25, 0.3) is 0 Å². The smallest absolute Gasteiger partial charge is 0.416 e. The quantitative estimate of drug-likeness (QED) is 0.373. The second-order valence-corrected chi connectivity index (χ2v) is 7.17. The van der Waals surface area contributed by atoms with Crippen LogP contribution in [0.25, 0.3) is 27.9 Å². The number of nitrogens with zero attached hydrogens (tertiary/aromatic N) is 5. The molecule has 5 aromatic rings. The maximum Gasteiger partial charge on any atom is 0.416 e. The molecule has 3 aromatic heterocycles. The van der Waals surface area contributed by atoms with Gasteiger partial charge in [0.1, 0.15) is 12.4 Å². The Balaban J connectivity index is 1.39. The van der Waals surface area contributed by atoms with E-state index in [9.17, 15) is 13.2 Å². The van der Waals surface area contributed by atoms with Crippen LogP contribution in [0.15, 0.2) is 73.1 Å². The summed E-state index contributed by atoms with van der Waals surface area (Å²) in [4.78, 5) is 13.4. The third kappa shape index (κ3) is 4.27. The van der Waals surface area contributed by atoms with Gasteiger partial charge in [-0.3, -0.25) is 4.98 Å². The average molecular weight is 450 g/mol. The highest BCUT2D eigenvalue weighted by atomic mass is 19.4. The lowest BCUT2D eigenvalue weighted by Crippen LogP contribution is -2.15. The minimum Gasteiger partial charge on any atom is -0.492 e. The summed E-state index contributed by atoms with van der Waals surface area (Å²) in [6, 6.07) is 16.0. The topological polar surface area (TPSA) is 77.2 Å². The molecular weight excluding hydrogens is 433 g/mol. The Labute approximate surface area is 185 Å². The van der Waals surface area contributed by atoms with E-state index in [1.165, 1.54) is 12.1 Å². The molecule has 0 saturated carbocycles. The molecular formula is C23H17F3N6O. The molecule has 0 aliphatic rings. The van der Waals surface area contributed by atoms with Crippen molar-refractivity contribution in [3.63, 3.8) is 0 Å². The molecule has 0 fully saturated rings. The Morgan fingerprint density at radius 1 is 0.970 bits per heavy atom. The maximum absolute atomic E-state index is 12.9. The summed E-state index contributed by atoms with van der Waals surface area (Å²) in [6.45, 7) is 0.417. The zero-order valence-electron chi connectivity index (χ0n) is 17.1. The van der Waals surface area contributed by atoms with Crippen LogP contribution in [-0.4, -0.2) is 37.7 Å². The minimum absolute atomic E-state index is 0.126. The van der Waals surface area contributed by atoms with E-state index in [-0.39, 0.29) is 12.4 Å². The van der Waals surface area contributed by atoms with E-state index in [2.05, 4.69) is 25.4 Å². The fourth-order valence-electron chi connectivity index (χ4n) is 3.38. The first kappa shape index (κ1) is 20.7. The molecule has 33 heavy (non-hydrogen) atoms. The number of nitrogens with one attached hydrogen (secondary N) is 1. The van der Waals surface area contributed by atoms with E-state index in [0.717, 1.165) is 28.6 Å². The van der Waals surface area contributed by atoms with E-state index in [0.29, 0.717) is 24.0 Å². The summed E-state index contributed by atoms with van der Waals surface area (Å²) in [5, 5.41) is 8.57. The molecule has 0 unspecified atom stereocenters. The van der Waals surface area contributed by atoms with Gasteiger partial charge >= 0.3 is 6.18 Å². The maximum atomic E-state index is 12.9. The Morgan fingerprint density at radius 3 is 2.67 bits per heavy atom. The first-order valence-electron chi connectivity index (χ1n) is 10.1. The monoisotopic (exact) mass is 450 g/mol. The van der Waals surface area contributed by atoms with Crippen molar-refractivity contribution in [2.75, 3.05) is 18.5 Å². The standard InChI is InChI=1S/C23H17F3N6O/c24-23(25,26)16-6-3-7-17(13-16)33-12-11-28-22-29-19-9-2-1-8-18(19)21-30-20(31-32(21)22)15-5-4-10-27-14-15/h1-10,13-14H,11-12H2,(H,28,29). The molecule has 7 nitrogen and oxygen atoms in total. The van der Waals surface area contributed by atoms with Crippen LogP contribution in [-0.2, 0) is 6.18 Å². The normalized spacial score (nSPS) is 11.7. The van der Waals surface area contributed by atoms with Gasteiger partial charge in [0.15, 0.2) is 11.5 Å². The molecule has 0 radical (unpaired) electrons. The fraction of sp³-hybridized carbons (Fsp3) is 0.130. The molecule has 0 bridgehead atoms. The first-order chi connectivity index (χ1) is 16.0. The highest BCUT2D eigenvalue weighted by Crippen LogP contribution is 2.31. The summed E-state index contributed by atoms with van der Waals surface area (Å²) in [7, 11) is 0. The van der Waals surface area contributed by atoms with Crippen LogP contribution < -0.4 is 10.1 Å². The van der Waals surface area contributed by atoms with Crippen molar-refractivity contribution in [1.82, 2.24) is 24.6 Å². The lowest BCUT2D eigenvalue weighted by molar-refractivity contribution is -0.137. The van der Waals surface area contributed by atoms with Crippen LogP contribution >= 0.6 is 0 Å². The lowest BCUT2D eigenvalue weighted by atomic mass is 10.2. The van der Waals surface area contributed by atoms with Crippen molar-refractivity contribution in [3.8, 4) is 17.1 Å². The molecule has 166 valence electrons. The predicted molar refractivity (Wildman–Crippen MR) is 117 cm³/mol. The number of hydrogen-bond acceptors (Lipinski definition) is 6. The van der Waals surface area contributed by atoms with Crippen molar-refractivity contribution in [1.29, 1.82) is 0 Å². The van der Waals surface area contributed by atoms with Crippen LogP contribution in [0.2, 0.25) is 0 Å². The highest BCUT2D eigenvalue weighted by molar-refractivity contribution is 5.92. The van der Waals surface area contributed by atoms with Gasteiger partial charge in [-0.2, -0.15) is 17.7 Å². The van der Waals surface area contributed by atoms with Crippen LogP contribution in [0.5, 0.6) is 5.75 Å². The number of ether oxygens (including phenoxy) is 1. The van der Waals surface area contributed by atoms with Crippen LogP contribution in [0, 0.1) is 0 Å². The molecule has 10 heteroatoms. The van der Waals surface area contributed by atoms with Gasteiger partial charge < -0.3 is 10.1 Å². The molecule has 0 aliphatic carbocycles. The Hall–Kier alpha value is -4.21. The van der Waals surface area contributed by atoms with Crippen molar-refractivity contribution < 1.29 is 17.9 Å².